The van der Waals surface area contributed by atoms with E-state index in [1.807, 2.05) is 11.9 Å². The van der Waals surface area contributed by atoms with Gasteiger partial charge in [-0.15, -0.1) is 0 Å². The average molecular weight is 252 g/mol. The van der Waals surface area contributed by atoms with Gasteiger partial charge in [-0.25, -0.2) is 4.98 Å². The summed E-state index contributed by atoms with van der Waals surface area (Å²) in [5, 5.41) is 10.4. The topological polar surface area (TPSA) is 84.5 Å². The van der Waals surface area contributed by atoms with Gasteiger partial charge in [-0.1, -0.05) is 0 Å². The van der Waals surface area contributed by atoms with E-state index in [2.05, 4.69) is 9.97 Å². The summed E-state index contributed by atoms with van der Waals surface area (Å²) in [5.74, 6) is 0.421. The lowest BCUT2D eigenvalue weighted by Gasteiger charge is -2.35. The molecule has 1 aliphatic heterocycles. The van der Waals surface area contributed by atoms with Gasteiger partial charge in [0.05, 0.1) is 23.7 Å². The first-order valence-corrected chi connectivity index (χ1v) is 6.12. The zero-order valence-corrected chi connectivity index (χ0v) is 10.7. The molecule has 3 N–H and O–H groups in total. The summed E-state index contributed by atoms with van der Waals surface area (Å²) in [6.45, 7) is 2.52. The van der Waals surface area contributed by atoms with Crippen molar-refractivity contribution in [1.82, 2.24) is 14.9 Å². The van der Waals surface area contributed by atoms with Gasteiger partial charge in [0.2, 0.25) is 0 Å². The first-order chi connectivity index (χ1) is 8.57. The van der Waals surface area contributed by atoms with Crippen molar-refractivity contribution in [2.24, 2.45) is 0 Å². The second kappa shape index (κ2) is 5.60. The molecule has 0 radical (unpaired) electrons. The summed E-state index contributed by atoms with van der Waals surface area (Å²) in [6, 6.07) is 0. The van der Waals surface area contributed by atoms with E-state index < -0.39 is 5.60 Å². The largest absolute Gasteiger partial charge is 0.388 e. The number of anilines is 1. The molecule has 1 saturated heterocycles. The third kappa shape index (κ3) is 3.63. The van der Waals surface area contributed by atoms with E-state index in [1.165, 1.54) is 0 Å². The van der Waals surface area contributed by atoms with Gasteiger partial charge in [0.15, 0.2) is 0 Å². The Balaban J connectivity index is 1.87. The lowest BCUT2D eigenvalue weighted by Crippen LogP contribution is -2.45. The van der Waals surface area contributed by atoms with Crippen molar-refractivity contribution in [3.8, 4) is 0 Å². The number of aromatic nitrogens is 2. The Hall–Kier alpha value is -1.24. The number of aliphatic hydroxyl groups is 1. The summed E-state index contributed by atoms with van der Waals surface area (Å²) in [4.78, 5) is 10.2. The van der Waals surface area contributed by atoms with Crippen molar-refractivity contribution >= 4 is 5.82 Å². The summed E-state index contributed by atoms with van der Waals surface area (Å²) in [7, 11) is 1.96. The van der Waals surface area contributed by atoms with Crippen LogP contribution in [0.25, 0.3) is 0 Å². The monoisotopic (exact) mass is 252 g/mol. The lowest BCUT2D eigenvalue weighted by atomic mass is 9.94. The predicted molar refractivity (Wildman–Crippen MR) is 67.8 cm³/mol. The highest BCUT2D eigenvalue weighted by Gasteiger charge is 2.30. The molecule has 0 spiro atoms. The van der Waals surface area contributed by atoms with Crippen LogP contribution >= 0.6 is 0 Å². The average Bonchev–Trinajstić information content (AvgIpc) is 2.32. The maximum absolute atomic E-state index is 10.4. The Kier molecular flexibility index (Phi) is 4.11. The van der Waals surface area contributed by atoms with E-state index in [4.69, 9.17) is 10.5 Å². The second-order valence-electron chi connectivity index (χ2n) is 4.94. The third-order valence-electron chi connectivity index (χ3n) is 3.14. The second-order valence-corrected chi connectivity index (χ2v) is 4.94. The molecule has 18 heavy (non-hydrogen) atoms. The molecular weight excluding hydrogens is 232 g/mol. The van der Waals surface area contributed by atoms with Gasteiger partial charge in [-0.05, 0) is 7.05 Å². The Morgan fingerprint density at radius 3 is 2.72 bits per heavy atom. The van der Waals surface area contributed by atoms with Crippen LogP contribution in [-0.2, 0) is 11.3 Å². The molecule has 0 bridgehead atoms. The Morgan fingerprint density at radius 1 is 1.39 bits per heavy atom. The Morgan fingerprint density at radius 2 is 2.11 bits per heavy atom. The first-order valence-electron chi connectivity index (χ1n) is 6.12. The smallest absolute Gasteiger partial charge is 0.141 e. The molecule has 0 atom stereocenters. The zero-order valence-electron chi connectivity index (χ0n) is 10.7. The van der Waals surface area contributed by atoms with Gasteiger partial charge >= 0.3 is 0 Å². The van der Waals surface area contributed by atoms with Crippen LogP contribution in [0.15, 0.2) is 12.4 Å². The van der Waals surface area contributed by atoms with Gasteiger partial charge < -0.3 is 15.6 Å². The number of ether oxygens (including phenoxy) is 1. The number of rotatable bonds is 4. The molecule has 0 unspecified atom stereocenters. The highest BCUT2D eigenvalue weighted by Crippen LogP contribution is 2.21. The number of likely N-dealkylation sites (N-methyl/N-ethyl adjacent to an activating group) is 1. The summed E-state index contributed by atoms with van der Waals surface area (Å²) < 4.78 is 5.26. The molecule has 100 valence electrons. The van der Waals surface area contributed by atoms with E-state index in [0.29, 0.717) is 45.0 Å². The van der Waals surface area contributed by atoms with Crippen molar-refractivity contribution in [2.75, 3.05) is 32.5 Å². The van der Waals surface area contributed by atoms with Crippen molar-refractivity contribution in [2.45, 2.75) is 25.0 Å². The fourth-order valence-corrected chi connectivity index (χ4v) is 2.19. The highest BCUT2D eigenvalue weighted by molar-refractivity contribution is 5.22. The minimum absolute atomic E-state index is 0.421. The molecule has 2 rings (SSSR count). The number of nitrogen functional groups attached to an aromatic ring is 1. The fourth-order valence-electron chi connectivity index (χ4n) is 2.19. The zero-order chi connectivity index (χ0) is 13.0. The van der Waals surface area contributed by atoms with Crippen molar-refractivity contribution < 1.29 is 9.84 Å². The van der Waals surface area contributed by atoms with Crippen LogP contribution < -0.4 is 5.73 Å². The number of hydrogen-bond donors (Lipinski definition) is 2. The molecule has 1 aromatic heterocycles. The molecular formula is C12H20N4O2. The van der Waals surface area contributed by atoms with Gasteiger partial charge in [-0.3, -0.25) is 9.88 Å². The van der Waals surface area contributed by atoms with Crippen LogP contribution in [0.5, 0.6) is 0 Å². The predicted octanol–water partition coefficient (Wildman–Crippen LogP) is 0.0321. The quantitative estimate of drug-likeness (QED) is 0.786. The third-order valence-corrected chi connectivity index (χ3v) is 3.14. The van der Waals surface area contributed by atoms with E-state index in [0.717, 1.165) is 5.69 Å². The number of nitrogens with two attached hydrogens (primary N) is 1. The molecule has 6 heteroatoms. The van der Waals surface area contributed by atoms with E-state index in [-0.39, 0.29) is 0 Å². The molecule has 1 fully saturated rings. The summed E-state index contributed by atoms with van der Waals surface area (Å²) in [6.07, 6.45) is 4.59. The molecule has 2 heterocycles. The molecule has 1 aliphatic rings. The van der Waals surface area contributed by atoms with Gasteiger partial charge in [0.1, 0.15) is 5.82 Å². The summed E-state index contributed by atoms with van der Waals surface area (Å²) >= 11 is 0. The van der Waals surface area contributed by atoms with Gasteiger partial charge in [0.25, 0.3) is 0 Å². The van der Waals surface area contributed by atoms with E-state index >= 15 is 0 Å². The van der Waals surface area contributed by atoms with Crippen molar-refractivity contribution in [1.29, 1.82) is 0 Å². The maximum atomic E-state index is 10.4. The maximum Gasteiger partial charge on any atom is 0.141 e. The van der Waals surface area contributed by atoms with E-state index in [9.17, 15) is 5.11 Å². The fraction of sp³-hybridized carbons (Fsp3) is 0.667. The molecule has 0 saturated carbocycles. The highest BCUT2D eigenvalue weighted by atomic mass is 16.5. The van der Waals surface area contributed by atoms with Crippen molar-refractivity contribution in [3.05, 3.63) is 18.1 Å². The minimum atomic E-state index is -0.645. The van der Waals surface area contributed by atoms with Crippen LogP contribution in [0.2, 0.25) is 0 Å². The standard InChI is InChI=1S/C12H20N4O2/c1-16(8-10-6-15-11(13)7-14-10)9-12(17)2-4-18-5-3-12/h6-7,17H,2-5,8-9H2,1H3,(H2,13,15). The molecule has 6 nitrogen and oxygen atoms in total. The van der Waals surface area contributed by atoms with Crippen LogP contribution in [0, 0.1) is 0 Å². The molecule has 1 aromatic rings. The molecule has 0 aromatic carbocycles. The number of nitrogens with zero attached hydrogens (tertiary/aromatic N) is 3. The lowest BCUT2D eigenvalue weighted by molar-refractivity contribution is -0.0778. The van der Waals surface area contributed by atoms with E-state index in [1.54, 1.807) is 12.4 Å². The summed E-state index contributed by atoms with van der Waals surface area (Å²) in [5.41, 5.74) is 5.69. The SMILES string of the molecule is CN(Cc1cnc(N)cn1)CC1(O)CCOCC1. The normalized spacial score (nSPS) is 19.1. The van der Waals surface area contributed by atoms with Crippen LogP contribution in [-0.4, -0.2) is 52.4 Å². The van der Waals surface area contributed by atoms with Gasteiger partial charge in [0, 0.05) is 39.1 Å². The molecule has 0 amide bonds. The van der Waals surface area contributed by atoms with Crippen molar-refractivity contribution in [3.63, 3.8) is 0 Å². The van der Waals surface area contributed by atoms with Crippen LogP contribution in [0.4, 0.5) is 5.82 Å². The van der Waals surface area contributed by atoms with Gasteiger partial charge in [-0.2, -0.15) is 0 Å². The van der Waals surface area contributed by atoms with Crippen LogP contribution in [0.1, 0.15) is 18.5 Å². The Bertz CT molecular complexity index is 376. The van der Waals surface area contributed by atoms with Crippen LogP contribution in [0.3, 0.4) is 0 Å². The minimum Gasteiger partial charge on any atom is -0.388 e. The number of hydrogen-bond acceptors (Lipinski definition) is 6. The Labute approximate surface area is 107 Å². The first kappa shape index (κ1) is 13.2. The molecule has 0 aliphatic carbocycles.